The van der Waals surface area contributed by atoms with E-state index in [0.717, 1.165) is 29.2 Å². The van der Waals surface area contributed by atoms with Gasteiger partial charge in [-0.25, -0.2) is 33.9 Å². The number of rotatable bonds is 14. The van der Waals surface area contributed by atoms with E-state index in [4.69, 9.17) is 28.4 Å². The standard InChI is InChI=1S/C63H68F3N5O13/c1-59(2,3)35-80-55(75)69(52(72)39-20-15-14-16-21-39)43-27-29-44(30-28-43)70(56(76)81-36-60(4,5)6)54(74)47-32-40-22-17-18-25-46(40)50(51(47)84-58(78)83-38-62(10,11)12)68-67-48-33-41(26-31-49(48)79-13)53(73)71(57(77)82-37-61(7,8)9)45-24-19-23-42(34-45)63(64,65)66/h14-34H,35-38H2,1-13H3. The van der Waals surface area contributed by atoms with Gasteiger partial charge < -0.3 is 28.4 Å². The number of carbonyl (C=O) groups is 7. The molecule has 0 fully saturated rings. The van der Waals surface area contributed by atoms with Crippen molar-refractivity contribution in [2.45, 2.75) is 89.3 Å². The molecule has 0 aliphatic heterocycles. The van der Waals surface area contributed by atoms with Gasteiger partial charge in [-0.3, -0.25) is 14.4 Å². The second-order valence-electron chi connectivity index (χ2n) is 24.3. The molecule has 84 heavy (non-hydrogen) atoms. The van der Waals surface area contributed by atoms with Crippen LogP contribution in [0.2, 0.25) is 0 Å². The number of halogens is 3. The van der Waals surface area contributed by atoms with Gasteiger partial charge >= 0.3 is 30.6 Å². The van der Waals surface area contributed by atoms with Gasteiger partial charge in [-0.2, -0.15) is 13.2 Å². The second kappa shape index (κ2) is 26.0. The van der Waals surface area contributed by atoms with Gasteiger partial charge in [0.05, 0.1) is 61.7 Å². The summed E-state index contributed by atoms with van der Waals surface area (Å²) in [7, 11) is 1.28. The average Bonchev–Trinajstić information content (AvgIpc) is 1.37. The van der Waals surface area contributed by atoms with Crippen molar-refractivity contribution in [2.75, 3.05) is 48.2 Å². The summed E-state index contributed by atoms with van der Waals surface area (Å²) in [6.07, 6.45) is -9.59. The Morgan fingerprint density at radius 1 is 0.464 bits per heavy atom. The smallest absolute Gasteiger partial charge is 0.494 e. The second-order valence-corrected chi connectivity index (χ2v) is 24.3. The Labute approximate surface area is 485 Å². The van der Waals surface area contributed by atoms with E-state index in [1.807, 2.05) is 20.8 Å². The number of methoxy groups -OCH3 is 1. The van der Waals surface area contributed by atoms with E-state index in [0.29, 0.717) is 21.3 Å². The minimum absolute atomic E-state index is 0.00557. The quantitative estimate of drug-likeness (QED) is 0.0431. The Hall–Kier alpha value is -9.14. The molecule has 0 saturated heterocycles. The van der Waals surface area contributed by atoms with Crippen molar-refractivity contribution in [3.63, 3.8) is 0 Å². The Balaban J connectivity index is 1.54. The molecule has 444 valence electrons. The van der Waals surface area contributed by atoms with Crippen LogP contribution in [0.15, 0.2) is 138 Å². The number of carbonyl (C=O) groups excluding carboxylic acids is 7. The van der Waals surface area contributed by atoms with Crippen molar-refractivity contribution in [1.82, 2.24) is 0 Å². The molecule has 0 bridgehead atoms. The fourth-order valence-corrected chi connectivity index (χ4v) is 7.54. The molecule has 0 aliphatic carbocycles. The number of amides is 6. The lowest BCUT2D eigenvalue weighted by Crippen LogP contribution is -2.40. The SMILES string of the molecule is COc1ccc(C(=O)N(C(=O)OCC(C)(C)C)c2cccc(C(F)(F)F)c2)cc1N=Nc1c(OC(=O)OCC(C)(C)C)c(C(=O)N(C(=O)OCC(C)(C)C)c2ccc(N(C(=O)OCC(C)(C)C)C(=O)c3ccccc3)cc2)cc2ccccc12. The van der Waals surface area contributed by atoms with Crippen LogP contribution in [0, 0.1) is 21.7 Å². The highest BCUT2D eigenvalue weighted by Gasteiger charge is 2.37. The first-order valence-electron chi connectivity index (χ1n) is 26.5. The molecular formula is C63H68F3N5O13. The summed E-state index contributed by atoms with van der Waals surface area (Å²) in [4.78, 5) is 102. The van der Waals surface area contributed by atoms with Crippen LogP contribution in [0.5, 0.6) is 11.5 Å². The Kier molecular flexibility index (Phi) is 19.8. The van der Waals surface area contributed by atoms with Gasteiger partial charge in [0.1, 0.15) is 17.1 Å². The predicted octanol–water partition coefficient (Wildman–Crippen LogP) is 16.3. The van der Waals surface area contributed by atoms with Crippen LogP contribution in [0.3, 0.4) is 0 Å². The molecule has 21 heteroatoms. The van der Waals surface area contributed by atoms with Gasteiger partial charge in [0, 0.05) is 16.5 Å². The summed E-state index contributed by atoms with van der Waals surface area (Å²) in [5.41, 5.74) is -5.09. The molecule has 6 aromatic carbocycles. The summed E-state index contributed by atoms with van der Waals surface area (Å²) in [6, 6.07) is 28.3. The molecule has 0 spiro atoms. The topological polar surface area (TPSA) is 209 Å². The van der Waals surface area contributed by atoms with Crippen LogP contribution in [-0.2, 0) is 25.1 Å². The molecule has 6 rings (SSSR count). The first-order valence-corrected chi connectivity index (χ1v) is 26.5. The van der Waals surface area contributed by atoms with Gasteiger partial charge in [0.15, 0.2) is 5.75 Å². The van der Waals surface area contributed by atoms with Crippen molar-refractivity contribution < 1.29 is 75.2 Å². The van der Waals surface area contributed by atoms with E-state index in [2.05, 4.69) is 10.2 Å². The normalized spacial score (nSPS) is 12.0. The molecule has 18 nitrogen and oxygen atoms in total. The average molecular weight is 1160 g/mol. The van der Waals surface area contributed by atoms with Gasteiger partial charge in [-0.1, -0.05) is 132 Å². The van der Waals surface area contributed by atoms with Crippen molar-refractivity contribution in [2.24, 2.45) is 31.9 Å². The van der Waals surface area contributed by atoms with Crippen molar-refractivity contribution in [1.29, 1.82) is 0 Å². The summed E-state index contributed by atoms with van der Waals surface area (Å²) >= 11 is 0. The van der Waals surface area contributed by atoms with Crippen molar-refractivity contribution in [3.05, 3.63) is 150 Å². The Morgan fingerprint density at radius 2 is 0.940 bits per heavy atom. The van der Waals surface area contributed by atoms with Gasteiger partial charge in [0.25, 0.3) is 17.7 Å². The molecule has 0 aromatic heterocycles. The van der Waals surface area contributed by atoms with Crippen LogP contribution < -0.4 is 24.2 Å². The van der Waals surface area contributed by atoms with Gasteiger partial charge in [-0.15, -0.1) is 10.2 Å². The maximum atomic E-state index is 15.6. The first-order chi connectivity index (χ1) is 39.1. The predicted molar refractivity (Wildman–Crippen MR) is 310 cm³/mol. The highest BCUT2D eigenvalue weighted by molar-refractivity contribution is 6.23. The van der Waals surface area contributed by atoms with Crippen LogP contribution in [0.1, 0.15) is 120 Å². The van der Waals surface area contributed by atoms with Crippen molar-refractivity contribution in [3.8, 4) is 11.5 Å². The first kappa shape index (κ1) is 64.0. The fraction of sp³-hybridized carbons (Fsp3) is 0.349. The molecule has 0 unspecified atom stereocenters. The van der Waals surface area contributed by atoms with Crippen LogP contribution in [-0.4, -0.2) is 75.7 Å². The lowest BCUT2D eigenvalue weighted by molar-refractivity contribution is -0.137. The number of benzene rings is 6. The van der Waals surface area contributed by atoms with Crippen LogP contribution in [0.25, 0.3) is 10.8 Å². The zero-order valence-corrected chi connectivity index (χ0v) is 49.1. The maximum absolute atomic E-state index is 15.6. The number of hydrogen-bond acceptors (Lipinski definition) is 15. The number of alkyl halides is 3. The molecular weight excluding hydrogens is 1090 g/mol. The third-order valence-electron chi connectivity index (χ3n) is 11.6. The zero-order chi connectivity index (χ0) is 62.1. The number of hydrogen-bond donors (Lipinski definition) is 0. The minimum atomic E-state index is -4.84. The van der Waals surface area contributed by atoms with Crippen molar-refractivity contribution >= 4 is 81.4 Å². The van der Waals surface area contributed by atoms with E-state index in [-0.39, 0.29) is 71.4 Å². The number of azo groups is 1. The summed E-state index contributed by atoms with van der Waals surface area (Å²) in [5, 5.41) is 9.48. The van der Waals surface area contributed by atoms with E-state index in [1.54, 1.807) is 105 Å². The molecule has 0 aliphatic rings. The lowest BCUT2D eigenvalue weighted by Gasteiger charge is -2.26. The minimum Gasteiger partial charge on any atom is -0.494 e. The fourth-order valence-electron chi connectivity index (χ4n) is 7.54. The van der Waals surface area contributed by atoms with Gasteiger partial charge in [0.2, 0.25) is 0 Å². The van der Waals surface area contributed by atoms with E-state index in [9.17, 15) is 41.9 Å². The number of nitrogens with zero attached hydrogens (tertiary/aromatic N) is 5. The monoisotopic (exact) mass is 1160 g/mol. The molecule has 0 atom stereocenters. The molecule has 0 radical (unpaired) electrons. The number of fused-ring (bicyclic) bond motifs is 1. The van der Waals surface area contributed by atoms with Crippen LogP contribution in [0.4, 0.5) is 60.8 Å². The largest absolute Gasteiger partial charge is 0.513 e. The molecule has 0 heterocycles. The number of anilines is 3. The third kappa shape index (κ3) is 17.2. The van der Waals surface area contributed by atoms with E-state index < -0.39 is 92.6 Å². The Morgan fingerprint density at radius 3 is 1.45 bits per heavy atom. The zero-order valence-electron chi connectivity index (χ0n) is 49.1. The number of ether oxygens (including phenoxy) is 6. The molecule has 0 N–H and O–H groups in total. The van der Waals surface area contributed by atoms with Crippen LogP contribution >= 0.6 is 0 Å². The summed E-state index contributed by atoms with van der Waals surface area (Å²) in [5.74, 6) is -3.58. The number of imide groups is 3. The Bertz CT molecular complexity index is 3450. The summed E-state index contributed by atoms with van der Waals surface area (Å²) < 4.78 is 75.9. The lowest BCUT2D eigenvalue weighted by atomic mass is 9.99. The highest BCUT2D eigenvalue weighted by Crippen LogP contribution is 2.43. The highest BCUT2D eigenvalue weighted by atomic mass is 19.4. The van der Waals surface area contributed by atoms with E-state index >= 15 is 4.79 Å². The molecule has 6 aromatic rings. The molecule has 0 saturated carbocycles. The molecule has 6 amide bonds. The maximum Gasteiger partial charge on any atom is 0.513 e. The van der Waals surface area contributed by atoms with Gasteiger partial charge in [-0.05, 0) is 106 Å². The summed E-state index contributed by atoms with van der Waals surface area (Å²) in [6.45, 7) is 20.9. The van der Waals surface area contributed by atoms with E-state index in [1.165, 1.54) is 61.7 Å². The third-order valence-corrected chi connectivity index (χ3v) is 11.6.